The lowest BCUT2D eigenvalue weighted by atomic mass is 10.1. The summed E-state index contributed by atoms with van der Waals surface area (Å²) in [5, 5.41) is 11.3. The number of aromatic nitrogens is 1. The second-order valence-corrected chi connectivity index (χ2v) is 11.5. The number of esters is 1. The Balaban J connectivity index is 1.69. The maximum absolute atomic E-state index is 13.1. The zero-order valence-electron chi connectivity index (χ0n) is 20.3. The second kappa shape index (κ2) is 10.9. The number of nitrogens with zero attached hydrogens (tertiary/aromatic N) is 4. The number of piperidine rings is 1. The molecule has 3 aromatic rings. The molecule has 13 heteroatoms. The summed E-state index contributed by atoms with van der Waals surface area (Å²) in [7, 11) is -3.68. The van der Waals surface area contributed by atoms with E-state index in [9.17, 15) is 28.1 Å². The SMILES string of the molecule is CCOC(=O)Cn1c(=NC(=O)c2ccc(S(=O)(=O)N3CCCCC3C)cc2)sc2ccc([N+](=O)[O-])cc21. The summed E-state index contributed by atoms with van der Waals surface area (Å²) in [5.74, 6) is -1.22. The van der Waals surface area contributed by atoms with Crippen LogP contribution in [0.2, 0.25) is 0 Å². The number of nitro groups is 1. The molecule has 0 spiro atoms. The van der Waals surface area contributed by atoms with Crippen LogP contribution in [0.3, 0.4) is 0 Å². The smallest absolute Gasteiger partial charge is 0.326 e. The fraction of sp³-hybridized carbons (Fsp3) is 0.375. The second-order valence-electron chi connectivity index (χ2n) is 8.59. The van der Waals surface area contributed by atoms with Crippen LogP contribution >= 0.6 is 11.3 Å². The maximum atomic E-state index is 13.1. The number of nitro benzene ring substituents is 1. The van der Waals surface area contributed by atoms with Crippen LogP contribution in [0.25, 0.3) is 10.2 Å². The summed E-state index contributed by atoms with van der Waals surface area (Å²) in [6, 6.07) is 9.68. The van der Waals surface area contributed by atoms with Crippen molar-refractivity contribution in [3.8, 4) is 0 Å². The topological polar surface area (TPSA) is 141 Å². The molecule has 1 saturated heterocycles. The zero-order chi connectivity index (χ0) is 26.7. The molecule has 1 amide bonds. The van der Waals surface area contributed by atoms with Gasteiger partial charge >= 0.3 is 5.97 Å². The molecule has 1 fully saturated rings. The van der Waals surface area contributed by atoms with Crippen molar-refractivity contribution in [2.24, 2.45) is 4.99 Å². The molecule has 37 heavy (non-hydrogen) atoms. The van der Waals surface area contributed by atoms with Gasteiger partial charge in [0.15, 0.2) is 4.80 Å². The summed E-state index contributed by atoms with van der Waals surface area (Å²) in [5.41, 5.74) is 0.369. The molecule has 1 atom stereocenters. The standard InChI is InChI=1S/C24H26N4O7S2/c1-3-35-22(29)15-26-20-14-18(28(31)32)9-12-21(20)36-24(26)25-23(30)17-7-10-19(11-8-17)37(33,34)27-13-5-4-6-16(27)2/h7-12,14,16H,3-6,13,15H2,1-2H3. The first-order valence-corrected chi connectivity index (χ1v) is 14.0. The average molecular weight is 547 g/mol. The van der Waals surface area contributed by atoms with E-state index in [0.29, 0.717) is 16.8 Å². The Morgan fingerprint density at radius 1 is 1.19 bits per heavy atom. The molecule has 196 valence electrons. The number of amides is 1. The fourth-order valence-electron chi connectivity index (χ4n) is 4.23. The lowest BCUT2D eigenvalue weighted by Gasteiger charge is -2.32. The molecule has 2 aromatic carbocycles. The van der Waals surface area contributed by atoms with Crippen LogP contribution in [-0.2, 0) is 26.1 Å². The number of rotatable bonds is 7. The molecule has 1 unspecified atom stereocenters. The average Bonchev–Trinajstić information content (AvgIpc) is 3.20. The van der Waals surface area contributed by atoms with Crippen molar-refractivity contribution in [1.82, 2.24) is 8.87 Å². The molecule has 1 aromatic heterocycles. The first-order chi connectivity index (χ1) is 17.6. The highest BCUT2D eigenvalue weighted by molar-refractivity contribution is 7.89. The summed E-state index contributed by atoms with van der Waals surface area (Å²) in [6.07, 6.45) is 2.60. The monoisotopic (exact) mass is 546 g/mol. The van der Waals surface area contributed by atoms with Crippen molar-refractivity contribution in [2.45, 2.75) is 50.6 Å². The van der Waals surface area contributed by atoms with E-state index >= 15 is 0 Å². The Hall–Kier alpha value is -3.42. The van der Waals surface area contributed by atoms with Crippen LogP contribution in [0, 0.1) is 10.1 Å². The quantitative estimate of drug-likeness (QED) is 0.251. The minimum absolute atomic E-state index is 0.0892. The minimum Gasteiger partial charge on any atom is -0.465 e. The highest BCUT2D eigenvalue weighted by Gasteiger charge is 2.31. The largest absolute Gasteiger partial charge is 0.465 e. The summed E-state index contributed by atoms with van der Waals surface area (Å²) in [4.78, 5) is 40.3. The lowest BCUT2D eigenvalue weighted by Crippen LogP contribution is -2.41. The number of carbonyl (C=O) groups is 2. The molecule has 0 bridgehead atoms. The molecule has 11 nitrogen and oxygen atoms in total. The molecule has 4 rings (SSSR count). The van der Waals surface area contributed by atoms with Gasteiger partial charge in [-0.25, -0.2) is 8.42 Å². The molecule has 0 radical (unpaired) electrons. The van der Waals surface area contributed by atoms with Crippen LogP contribution in [0.4, 0.5) is 5.69 Å². The third-order valence-corrected chi connectivity index (χ3v) is 9.20. The number of benzene rings is 2. The van der Waals surface area contributed by atoms with Crippen molar-refractivity contribution >= 4 is 49.1 Å². The van der Waals surface area contributed by atoms with E-state index in [0.717, 1.165) is 30.6 Å². The van der Waals surface area contributed by atoms with Gasteiger partial charge in [-0.2, -0.15) is 9.30 Å². The van der Waals surface area contributed by atoms with Crippen LogP contribution in [0.5, 0.6) is 0 Å². The Bertz CT molecular complexity index is 1520. The normalized spacial score (nSPS) is 17.1. The van der Waals surface area contributed by atoms with E-state index in [-0.39, 0.29) is 40.1 Å². The van der Waals surface area contributed by atoms with E-state index in [2.05, 4.69) is 4.99 Å². The van der Waals surface area contributed by atoms with Gasteiger partial charge in [-0.3, -0.25) is 19.7 Å². The van der Waals surface area contributed by atoms with Crippen LogP contribution in [0.15, 0.2) is 52.4 Å². The summed E-state index contributed by atoms with van der Waals surface area (Å²) < 4.78 is 34.6. The Morgan fingerprint density at radius 3 is 2.57 bits per heavy atom. The lowest BCUT2D eigenvalue weighted by molar-refractivity contribution is -0.384. The number of hydrogen-bond donors (Lipinski definition) is 0. The number of thiazole rings is 1. The van der Waals surface area contributed by atoms with E-state index in [1.54, 1.807) is 6.92 Å². The molecular formula is C24H26N4O7S2. The van der Waals surface area contributed by atoms with Gasteiger partial charge in [0.05, 0.1) is 26.6 Å². The molecule has 1 aliphatic rings. The van der Waals surface area contributed by atoms with Crippen LogP contribution in [-0.4, -0.2) is 53.3 Å². The molecular weight excluding hydrogens is 520 g/mol. The van der Waals surface area contributed by atoms with E-state index < -0.39 is 26.8 Å². The highest BCUT2D eigenvalue weighted by atomic mass is 32.2. The van der Waals surface area contributed by atoms with Gasteiger partial charge in [-0.05, 0) is 57.0 Å². The first-order valence-electron chi connectivity index (χ1n) is 11.8. The fourth-order valence-corrected chi connectivity index (χ4v) is 6.94. The van der Waals surface area contributed by atoms with Gasteiger partial charge in [-0.15, -0.1) is 0 Å². The number of ether oxygens (including phenoxy) is 1. The highest BCUT2D eigenvalue weighted by Crippen LogP contribution is 2.26. The Morgan fingerprint density at radius 2 is 1.92 bits per heavy atom. The number of hydrogen-bond acceptors (Lipinski definition) is 8. The molecule has 0 aliphatic carbocycles. The van der Waals surface area contributed by atoms with E-state index in [1.807, 2.05) is 6.92 Å². The maximum Gasteiger partial charge on any atom is 0.326 e. The van der Waals surface area contributed by atoms with Crippen LogP contribution in [0.1, 0.15) is 43.5 Å². The predicted molar refractivity (Wildman–Crippen MR) is 137 cm³/mol. The summed E-state index contributed by atoms with van der Waals surface area (Å²) >= 11 is 1.10. The van der Waals surface area contributed by atoms with E-state index in [1.165, 1.54) is 51.3 Å². The van der Waals surface area contributed by atoms with E-state index in [4.69, 9.17) is 4.74 Å². The number of non-ortho nitro benzene ring substituents is 1. The molecule has 1 aliphatic heterocycles. The number of fused-ring (bicyclic) bond motifs is 1. The molecule has 2 heterocycles. The Labute approximate surface area is 217 Å². The molecule has 0 saturated carbocycles. The number of carbonyl (C=O) groups excluding carboxylic acids is 2. The minimum atomic E-state index is -3.68. The van der Waals surface area contributed by atoms with Crippen molar-refractivity contribution in [3.05, 3.63) is 62.9 Å². The third-order valence-electron chi connectivity index (χ3n) is 6.12. The van der Waals surface area contributed by atoms with Crippen molar-refractivity contribution < 1.29 is 27.7 Å². The van der Waals surface area contributed by atoms with Crippen molar-refractivity contribution in [1.29, 1.82) is 0 Å². The van der Waals surface area contributed by atoms with Crippen LogP contribution < -0.4 is 4.80 Å². The first kappa shape index (κ1) is 26.6. The predicted octanol–water partition coefficient (Wildman–Crippen LogP) is 3.48. The van der Waals surface area contributed by atoms with Crippen molar-refractivity contribution in [2.75, 3.05) is 13.2 Å². The third kappa shape index (κ3) is 5.63. The Kier molecular flexibility index (Phi) is 7.85. The van der Waals surface area contributed by atoms with Gasteiger partial charge in [0.25, 0.3) is 11.6 Å². The van der Waals surface area contributed by atoms with Gasteiger partial charge < -0.3 is 9.30 Å². The van der Waals surface area contributed by atoms with Gasteiger partial charge in [0.1, 0.15) is 6.54 Å². The molecule has 0 N–H and O–H groups in total. The summed E-state index contributed by atoms with van der Waals surface area (Å²) in [6.45, 7) is 3.87. The van der Waals surface area contributed by atoms with Gasteiger partial charge in [0, 0.05) is 30.3 Å². The van der Waals surface area contributed by atoms with Crippen molar-refractivity contribution in [3.63, 3.8) is 0 Å². The van der Waals surface area contributed by atoms with Gasteiger partial charge in [0.2, 0.25) is 10.0 Å². The number of sulfonamides is 1. The zero-order valence-corrected chi connectivity index (χ0v) is 22.0. The van der Waals surface area contributed by atoms with Gasteiger partial charge in [-0.1, -0.05) is 17.8 Å².